The zero-order chi connectivity index (χ0) is 16.7. The molecule has 0 fully saturated rings. The average Bonchev–Trinajstić information content (AvgIpc) is 3.07. The second-order valence-corrected chi connectivity index (χ2v) is 6.40. The van der Waals surface area contributed by atoms with Crippen LogP contribution in [0.1, 0.15) is 10.6 Å². The van der Waals surface area contributed by atoms with Gasteiger partial charge in [-0.15, -0.1) is 11.8 Å². The molecule has 0 unspecified atom stereocenters. The predicted octanol–water partition coefficient (Wildman–Crippen LogP) is 2.91. The van der Waals surface area contributed by atoms with Crippen molar-refractivity contribution in [3.63, 3.8) is 0 Å². The van der Waals surface area contributed by atoms with E-state index in [4.69, 9.17) is 16.0 Å². The summed E-state index contributed by atoms with van der Waals surface area (Å²) in [5.41, 5.74) is 0. The zero-order valence-corrected chi connectivity index (χ0v) is 14.2. The highest BCUT2D eigenvalue weighted by molar-refractivity contribution is 7.99. The Morgan fingerprint density at radius 2 is 2.00 bits per heavy atom. The van der Waals surface area contributed by atoms with Gasteiger partial charge in [0.25, 0.3) is 5.91 Å². The van der Waals surface area contributed by atoms with Crippen LogP contribution in [-0.4, -0.2) is 42.6 Å². The van der Waals surface area contributed by atoms with Gasteiger partial charge in [-0.1, -0.05) is 11.6 Å². The highest BCUT2D eigenvalue weighted by atomic mass is 35.5. The maximum atomic E-state index is 11.9. The lowest BCUT2D eigenvalue weighted by atomic mass is 10.4. The summed E-state index contributed by atoms with van der Waals surface area (Å²) in [4.78, 5) is 26.2. The monoisotopic (exact) mass is 352 g/mol. The number of amides is 2. The average molecular weight is 353 g/mol. The van der Waals surface area contributed by atoms with E-state index in [0.29, 0.717) is 11.6 Å². The summed E-state index contributed by atoms with van der Waals surface area (Å²) in [5, 5.41) is 3.49. The molecule has 1 aromatic carbocycles. The van der Waals surface area contributed by atoms with Crippen molar-refractivity contribution < 1.29 is 14.0 Å². The fourth-order valence-electron chi connectivity index (χ4n) is 1.82. The van der Waals surface area contributed by atoms with Crippen LogP contribution < -0.4 is 5.32 Å². The molecule has 7 heteroatoms. The highest BCUT2D eigenvalue weighted by Crippen LogP contribution is 2.19. The van der Waals surface area contributed by atoms with Crippen molar-refractivity contribution in [3.05, 3.63) is 53.4 Å². The van der Waals surface area contributed by atoms with Crippen molar-refractivity contribution in [2.45, 2.75) is 4.90 Å². The molecule has 0 bridgehead atoms. The lowest BCUT2D eigenvalue weighted by Crippen LogP contribution is -2.38. The SMILES string of the molecule is CN(CC(=O)NCCSc1ccc(Cl)cc1)C(=O)c1ccco1. The fourth-order valence-corrected chi connectivity index (χ4v) is 2.72. The molecule has 2 rings (SSSR count). The predicted molar refractivity (Wildman–Crippen MR) is 90.9 cm³/mol. The van der Waals surface area contributed by atoms with E-state index >= 15 is 0 Å². The van der Waals surface area contributed by atoms with Crippen molar-refractivity contribution in [1.29, 1.82) is 0 Å². The van der Waals surface area contributed by atoms with Gasteiger partial charge in [-0.25, -0.2) is 0 Å². The molecule has 0 saturated carbocycles. The molecule has 23 heavy (non-hydrogen) atoms. The van der Waals surface area contributed by atoms with Crippen LogP contribution in [-0.2, 0) is 4.79 Å². The summed E-state index contributed by atoms with van der Waals surface area (Å²) in [5.74, 6) is 0.437. The largest absolute Gasteiger partial charge is 0.459 e. The molecule has 2 aromatic rings. The van der Waals surface area contributed by atoms with E-state index in [1.807, 2.05) is 24.3 Å². The minimum Gasteiger partial charge on any atom is -0.459 e. The quantitative estimate of drug-likeness (QED) is 0.614. The first kappa shape index (κ1) is 17.4. The van der Waals surface area contributed by atoms with Gasteiger partial charge in [-0.3, -0.25) is 9.59 Å². The van der Waals surface area contributed by atoms with E-state index in [0.717, 1.165) is 10.6 Å². The first-order valence-corrected chi connectivity index (χ1v) is 8.36. The Morgan fingerprint density at radius 1 is 1.26 bits per heavy atom. The third kappa shape index (κ3) is 5.65. The molecule has 0 spiro atoms. The van der Waals surface area contributed by atoms with Crippen LogP contribution in [0.5, 0.6) is 0 Å². The Morgan fingerprint density at radius 3 is 2.65 bits per heavy atom. The molecule has 1 aromatic heterocycles. The Bertz CT molecular complexity index is 644. The number of carbonyl (C=O) groups is 2. The van der Waals surface area contributed by atoms with Crippen molar-refractivity contribution in [2.75, 3.05) is 25.9 Å². The van der Waals surface area contributed by atoms with Gasteiger partial charge < -0.3 is 14.6 Å². The lowest BCUT2D eigenvalue weighted by molar-refractivity contribution is -0.121. The smallest absolute Gasteiger partial charge is 0.289 e. The summed E-state index contributed by atoms with van der Waals surface area (Å²) < 4.78 is 5.02. The van der Waals surface area contributed by atoms with E-state index in [1.165, 1.54) is 11.2 Å². The zero-order valence-electron chi connectivity index (χ0n) is 12.6. The summed E-state index contributed by atoms with van der Waals surface area (Å²) in [6.45, 7) is 0.514. The molecule has 0 atom stereocenters. The number of furan rings is 1. The van der Waals surface area contributed by atoms with Crippen LogP contribution in [0.15, 0.2) is 52.0 Å². The van der Waals surface area contributed by atoms with E-state index in [1.54, 1.807) is 30.9 Å². The van der Waals surface area contributed by atoms with Crippen LogP contribution in [0.4, 0.5) is 0 Å². The van der Waals surface area contributed by atoms with Crippen molar-refractivity contribution >= 4 is 35.2 Å². The van der Waals surface area contributed by atoms with Crippen LogP contribution in [0, 0.1) is 0 Å². The Labute approximate surface area is 144 Å². The third-order valence-corrected chi connectivity index (χ3v) is 4.23. The number of benzene rings is 1. The Kier molecular flexibility index (Phi) is 6.55. The molecule has 122 valence electrons. The minimum absolute atomic E-state index is 0.00878. The number of rotatable bonds is 7. The van der Waals surface area contributed by atoms with Crippen molar-refractivity contribution in [1.82, 2.24) is 10.2 Å². The number of hydrogen-bond acceptors (Lipinski definition) is 4. The van der Waals surface area contributed by atoms with E-state index in [2.05, 4.69) is 5.32 Å². The van der Waals surface area contributed by atoms with Gasteiger partial charge in [0.1, 0.15) is 0 Å². The molecular weight excluding hydrogens is 336 g/mol. The molecule has 0 aliphatic heterocycles. The van der Waals surface area contributed by atoms with Crippen molar-refractivity contribution in [2.24, 2.45) is 0 Å². The molecule has 0 aliphatic carbocycles. The summed E-state index contributed by atoms with van der Waals surface area (Å²) in [6.07, 6.45) is 1.43. The van der Waals surface area contributed by atoms with Gasteiger partial charge in [0.2, 0.25) is 5.91 Å². The number of thioether (sulfide) groups is 1. The second kappa shape index (κ2) is 8.64. The molecule has 0 radical (unpaired) electrons. The number of hydrogen-bond donors (Lipinski definition) is 1. The van der Waals surface area contributed by atoms with Crippen molar-refractivity contribution in [3.8, 4) is 0 Å². The van der Waals surface area contributed by atoms with Crippen LogP contribution in [0.25, 0.3) is 0 Å². The van der Waals surface area contributed by atoms with Gasteiger partial charge in [0.05, 0.1) is 12.8 Å². The van der Waals surface area contributed by atoms with Crippen LogP contribution in [0.3, 0.4) is 0 Å². The van der Waals surface area contributed by atoms with Gasteiger partial charge in [-0.2, -0.15) is 0 Å². The summed E-state index contributed by atoms with van der Waals surface area (Å²) in [7, 11) is 1.56. The molecule has 1 heterocycles. The summed E-state index contributed by atoms with van der Waals surface area (Å²) in [6, 6.07) is 10.7. The van der Waals surface area contributed by atoms with Gasteiger partial charge in [0, 0.05) is 29.3 Å². The number of nitrogens with one attached hydrogen (secondary N) is 1. The Balaban J connectivity index is 1.66. The number of likely N-dealkylation sites (N-methyl/N-ethyl adjacent to an activating group) is 1. The van der Waals surface area contributed by atoms with E-state index < -0.39 is 0 Å². The maximum absolute atomic E-state index is 11.9. The molecule has 0 aliphatic rings. The molecule has 0 saturated heterocycles. The number of nitrogens with zero attached hydrogens (tertiary/aromatic N) is 1. The fraction of sp³-hybridized carbons (Fsp3) is 0.250. The molecule has 1 N–H and O–H groups in total. The summed E-state index contributed by atoms with van der Waals surface area (Å²) >= 11 is 7.45. The molecule has 5 nitrogen and oxygen atoms in total. The van der Waals surface area contributed by atoms with E-state index in [9.17, 15) is 9.59 Å². The van der Waals surface area contributed by atoms with Crippen LogP contribution in [0.2, 0.25) is 5.02 Å². The molecule has 2 amide bonds. The first-order chi connectivity index (χ1) is 11.1. The minimum atomic E-state index is -0.319. The van der Waals surface area contributed by atoms with Gasteiger partial charge in [0.15, 0.2) is 5.76 Å². The Hall–Kier alpha value is -1.92. The number of halogens is 1. The third-order valence-electron chi connectivity index (χ3n) is 2.97. The first-order valence-electron chi connectivity index (χ1n) is 7.00. The lowest BCUT2D eigenvalue weighted by Gasteiger charge is -2.15. The number of carbonyl (C=O) groups excluding carboxylic acids is 2. The molecular formula is C16H17ClN2O3S. The maximum Gasteiger partial charge on any atom is 0.289 e. The van der Waals surface area contributed by atoms with Gasteiger partial charge >= 0.3 is 0 Å². The van der Waals surface area contributed by atoms with Gasteiger partial charge in [-0.05, 0) is 36.4 Å². The second-order valence-electron chi connectivity index (χ2n) is 4.79. The standard InChI is InChI=1S/C16H17ClN2O3S/c1-19(16(21)14-3-2-9-22-14)11-15(20)18-8-10-23-13-6-4-12(17)5-7-13/h2-7,9H,8,10-11H2,1H3,(H,18,20). The normalized spacial score (nSPS) is 10.3. The van der Waals surface area contributed by atoms with Crippen LogP contribution >= 0.6 is 23.4 Å². The topological polar surface area (TPSA) is 62.6 Å². The highest BCUT2D eigenvalue weighted by Gasteiger charge is 2.16. The van der Waals surface area contributed by atoms with E-state index in [-0.39, 0.29) is 24.1 Å².